The molecule has 0 aliphatic heterocycles. The summed E-state index contributed by atoms with van der Waals surface area (Å²) in [6, 6.07) is 34.5. The van der Waals surface area contributed by atoms with Crippen molar-refractivity contribution in [3.63, 3.8) is 0 Å². The van der Waals surface area contributed by atoms with Crippen LogP contribution in [-0.4, -0.2) is 0 Å². The largest absolute Gasteiger partial charge is 0.143 e. The van der Waals surface area contributed by atoms with E-state index in [9.17, 15) is 0 Å². The summed E-state index contributed by atoms with van der Waals surface area (Å²) >= 11 is 1.84. The van der Waals surface area contributed by atoms with E-state index < -0.39 is 0 Å². The molecule has 0 nitrogen and oxygen atoms in total. The highest BCUT2D eigenvalue weighted by molar-refractivity contribution is 7.17. The Balaban J connectivity index is 1.36. The molecule has 1 heteroatoms. The molecule has 0 fully saturated rings. The monoisotopic (exact) mass is 492 g/mol. The molecule has 0 N–H and O–H groups in total. The van der Waals surface area contributed by atoms with Gasteiger partial charge >= 0.3 is 0 Å². The van der Waals surface area contributed by atoms with Crippen LogP contribution in [0.1, 0.15) is 49.9 Å². The van der Waals surface area contributed by atoms with E-state index in [-0.39, 0.29) is 10.8 Å². The number of hydrogen-bond donors (Lipinski definition) is 0. The van der Waals surface area contributed by atoms with Gasteiger partial charge < -0.3 is 0 Å². The van der Waals surface area contributed by atoms with Crippen molar-refractivity contribution in [2.24, 2.45) is 0 Å². The van der Waals surface area contributed by atoms with Gasteiger partial charge in [-0.3, -0.25) is 0 Å². The molecular formula is C36H28S. The Morgan fingerprint density at radius 3 is 2.05 bits per heavy atom. The van der Waals surface area contributed by atoms with E-state index in [4.69, 9.17) is 0 Å². The van der Waals surface area contributed by atoms with Gasteiger partial charge in [-0.25, -0.2) is 0 Å². The summed E-state index contributed by atoms with van der Waals surface area (Å²) in [4.78, 5) is 0. The number of hydrogen-bond acceptors (Lipinski definition) is 1. The predicted octanol–water partition coefficient (Wildman–Crippen LogP) is 10.3. The lowest BCUT2D eigenvalue weighted by Crippen LogP contribution is -2.17. The third kappa shape index (κ3) is 2.68. The molecule has 0 radical (unpaired) electrons. The van der Waals surface area contributed by atoms with E-state index in [0.29, 0.717) is 0 Å². The van der Waals surface area contributed by atoms with Gasteiger partial charge in [0.15, 0.2) is 0 Å². The summed E-state index contributed by atoms with van der Waals surface area (Å²) < 4.78 is 1.35. The Bertz CT molecular complexity index is 1930. The fourth-order valence-corrected chi connectivity index (χ4v) is 8.07. The van der Waals surface area contributed by atoms with Crippen molar-refractivity contribution in [1.29, 1.82) is 0 Å². The first-order valence-electron chi connectivity index (χ1n) is 13.2. The van der Waals surface area contributed by atoms with Gasteiger partial charge in [0, 0.05) is 26.5 Å². The zero-order valence-electron chi connectivity index (χ0n) is 21.6. The smallest absolute Gasteiger partial charge is 0.0349 e. The first-order valence-corrected chi connectivity index (χ1v) is 14.1. The van der Waals surface area contributed by atoms with Crippen molar-refractivity contribution in [2.75, 3.05) is 0 Å². The fourth-order valence-electron chi connectivity index (χ4n) is 7.10. The molecule has 2 aliphatic rings. The van der Waals surface area contributed by atoms with Crippen LogP contribution in [0.4, 0.5) is 0 Å². The minimum atomic E-state index is -0.0565. The van der Waals surface area contributed by atoms with Gasteiger partial charge in [0.25, 0.3) is 0 Å². The standard InChI is InChI=1S/C36H28S/c1-35(2)29-16-14-21-9-5-6-10-23(21)34(29)27-19-31-26(18-32(27)35)24-15-13-22(17-30(24)36(31,3)4)28-20-37-33-12-8-7-11-25(28)33/h5-20H,1-4H3. The Morgan fingerprint density at radius 1 is 0.514 bits per heavy atom. The van der Waals surface area contributed by atoms with Gasteiger partial charge in [0.1, 0.15) is 0 Å². The number of benzene rings is 5. The summed E-state index contributed by atoms with van der Waals surface area (Å²) in [5.41, 5.74) is 14.0. The molecular weight excluding hydrogens is 464 g/mol. The molecule has 0 bridgehead atoms. The van der Waals surface area contributed by atoms with Crippen LogP contribution in [0.2, 0.25) is 0 Å². The Labute approximate surface area is 222 Å². The van der Waals surface area contributed by atoms with Gasteiger partial charge in [0.05, 0.1) is 0 Å². The molecule has 1 aromatic heterocycles. The average molecular weight is 493 g/mol. The number of fused-ring (bicyclic) bond motifs is 9. The summed E-state index contributed by atoms with van der Waals surface area (Å²) in [7, 11) is 0. The van der Waals surface area contributed by atoms with Crippen LogP contribution in [-0.2, 0) is 10.8 Å². The van der Waals surface area contributed by atoms with E-state index in [1.54, 1.807) is 0 Å². The van der Waals surface area contributed by atoms with Crippen LogP contribution in [0.3, 0.4) is 0 Å². The van der Waals surface area contributed by atoms with Crippen LogP contribution >= 0.6 is 11.3 Å². The van der Waals surface area contributed by atoms with Crippen molar-refractivity contribution in [3.05, 3.63) is 119 Å². The Kier molecular flexibility index (Phi) is 4.05. The van der Waals surface area contributed by atoms with Crippen LogP contribution < -0.4 is 0 Å². The second-order valence-electron chi connectivity index (χ2n) is 11.8. The third-order valence-electron chi connectivity index (χ3n) is 9.15. The highest BCUT2D eigenvalue weighted by Crippen LogP contribution is 2.57. The third-order valence-corrected chi connectivity index (χ3v) is 10.1. The lowest BCUT2D eigenvalue weighted by atomic mass is 9.79. The molecule has 5 aromatic carbocycles. The molecule has 37 heavy (non-hydrogen) atoms. The van der Waals surface area contributed by atoms with Gasteiger partial charge in [-0.2, -0.15) is 0 Å². The molecule has 8 rings (SSSR count). The van der Waals surface area contributed by atoms with Crippen molar-refractivity contribution in [2.45, 2.75) is 38.5 Å². The lowest BCUT2D eigenvalue weighted by molar-refractivity contribution is 0.652. The molecule has 0 atom stereocenters. The van der Waals surface area contributed by atoms with Crippen molar-refractivity contribution < 1.29 is 0 Å². The predicted molar refractivity (Wildman–Crippen MR) is 160 cm³/mol. The highest BCUT2D eigenvalue weighted by atomic mass is 32.1. The Hall–Kier alpha value is -3.68. The van der Waals surface area contributed by atoms with Crippen LogP contribution in [0, 0.1) is 0 Å². The lowest BCUT2D eigenvalue weighted by Gasteiger charge is -2.24. The van der Waals surface area contributed by atoms with Crippen LogP contribution in [0.15, 0.2) is 96.4 Å². The highest BCUT2D eigenvalue weighted by Gasteiger charge is 2.42. The van der Waals surface area contributed by atoms with E-state index in [1.807, 2.05) is 11.3 Å². The molecule has 178 valence electrons. The molecule has 0 spiro atoms. The maximum absolute atomic E-state index is 2.53. The van der Waals surface area contributed by atoms with Gasteiger partial charge in [0.2, 0.25) is 0 Å². The van der Waals surface area contributed by atoms with E-state index >= 15 is 0 Å². The number of rotatable bonds is 1. The van der Waals surface area contributed by atoms with Gasteiger partial charge in [-0.1, -0.05) is 94.4 Å². The molecule has 0 saturated carbocycles. The van der Waals surface area contributed by atoms with Crippen LogP contribution in [0.5, 0.6) is 0 Å². The van der Waals surface area contributed by atoms with Gasteiger partial charge in [-0.05, 0) is 90.5 Å². The second kappa shape index (κ2) is 7.00. The molecule has 1 heterocycles. The molecule has 6 aromatic rings. The van der Waals surface area contributed by atoms with Crippen molar-refractivity contribution in [3.8, 4) is 33.4 Å². The SMILES string of the molecule is CC1(C)c2cc(-c3csc4ccccc34)ccc2-c2cc3c(cc21)-c1c(ccc2ccccc12)C3(C)C. The summed E-state index contributed by atoms with van der Waals surface area (Å²) in [6.45, 7) is 9.60. The minimum Gasteiger partial charge on any atom is -0.143 e. The van der Waals surface area contributed by atoms with Gasteiger partial charge in [-0.15, -0.1) is 11.3 Å². The van der Waals surface area contributed by atoms with E-state index in [1.165, 1.54) is 76.5 Å². The van der Waals surface area contributed by atoms with E-state index in [0.717, 1.165) is 0 Å². The van der Waals surface area contributed by atoms with Crippen LogP contribution in [0.25, 0.3) is 54.2 Å². The normalized spacial score (nSPS) is 16.0. The topological polar surface area (TPSA) is 0 Å². The fraction of sp³-hybridized carbons (Fsp3) is 0.167. The zero-order chi connectivity index (χ0) is 25.1. The second-order valence-corrected chi connectivity index (χ2v) is 12.7. The first kappa shape index (κ1) is 21.4. The van der Waals surface area contributed by atoms with Crippen molar-refractivity contribution >= 4 is 32.2 Å². The maximum Gasteiger partial charge on any atom is 0.0349 e. The maximum atomic E-state index is 2.53. The Morgan fingerprint density at radius 2 is 1.19 bits per heavy atom. The molecule has 0 saturated heterocycles. The average Bonchev–Trinajstić information content (AvgIpc) is 3.51. The van der Waals surface area contributed by atoms with Crippen molar-refractivity contribution in [1.82, 2.24) is 0 Å². The minimum absolute atomic E-state index is 0.0217. The molecule has 0 amide bonds. The summed E-state index contributed by atoms with van der Waals surface area (Å²) in [5, 5.41) is 6.36. The molecule has 0 unspecified atom stereocenters. The summed E-state index contributed by atoms with van der Waals surface area (Å²) in [6.07, 6.45) is 0. The van der Waals surface area contributed by atoms with E-state index in [2.05, 4.69) is 124 Å². The summed E-state index contributed by atoms with van der Waals surface area (Å²) in [5.74, 6) is 0. The quantitative estimate of drug-likeness (QED) is 0.214. The zero-order valence-corrected chi connectivity index (χ0v) is 22.5. The molecule has 2 aliphatic carbocycles. The first-order chi connectivity index (χ1) is 17.9. The number of thiophene rings is 1.